The van der Waals surface area contributed by atoms with E-state index in [2.05, 4.69) is 20.3 Å². The molecule has 2 aliphatic rings. The summed E-state index contributed by atoms with van der Waals surface area (Å²) in [6, 6.07) is 7.19. The normalized spacial score (nSPS) is 16.2. The van der Waals surface area contributed by atoms with Gasteiger partial charge in [-0.15, -0.1) is 4.68 Å². The van der Waals surface area contributed by atoms with Crippen LogP contribution >= 0.6 is 34.8 Å². The maximum absolute atomic E-state index is 12.6. The number of hydrogen-bond donors (Lipinski definition) is 2. The zero-order chi connectivity index (χ0) is 32.9. The average Bonchev–Trinajstić information content (AvgIpc) is 3.60. The van der Waals surface area contributed by atoms with Crippen LogP contribution in [0.4, 0.5) is 5.82 Å². The molecule has 46 heavy (non-hydrogen) atoms. The van der Waals surface area contributed by atoms with Gasteiger partial charge in [0.05, 0.1) is 10.6 Å². The van der Waals surface area contributed by atoms with Crippen molar-refractivity contribution in [3.8, 4) is 11.4 Å². The van der Waals surface area contributed by atoms with Gasteiger partial charge in [-0.25, -0.2) is 4.68 Å². The third-order valence-electron chi connectivity index (χ3n) is 8.52. The number of aromatic amines is 1. The average molecular weight is 691 g/mol. The largest absolute Gasteiger partial charge is 0.619 e. The first-order valence-electron chi connectivity index (χ1n) is 15.1. The molecule has 0 radical (unpaired) electrons. The fraction of sp³-hybridized carbons (Fsp3) is 0.452. The predicted molar refractivity (Wildman–Crippen MR) is 173 cm³/mol. The number of H-pyrrole nitrogens is 1. The lowest BCUT2D eigenvalue weighted by atomic mass is 9.84. The first kappa shape index (κ1) is 32.4. The van der Waals surface area contributed by atoms with E-state index in [4.69, 9.17) is 39.5 Å². The Kier molecular flexibility index (Phi) is 8.83. The quantitative estimate of drug-likeness (QED) is 0.192. The van der Waals surface area contributed by atoms with E-state index in [1.165, 1.54) is 17.3 Å². The summed E-state index contributed by atoms with van der Waals surface area (Å²) >= 11 is 19.6. The van der Waals surface area contributed by atoms with Crippen molar-refractivity contribution in [1.82, 2.24) is 25.0 Å². The van der Waals surface area contributed by atoms with Gasteiger partial charge in [-0.2, -0.15) is 9.83 Å². The monoisotopic (exact) mass is 689 g/mol. The Hall–Kier alpha value is -3.58. The van der Waals surface area contributed by atoms with Gasteiger partial charge < -0.3 is 24.9 Å². The summed E-state index contributed by atoms with van der Waals surface area (Å²) in [6.07, 6.45) is 5.37. The van der Waals surface area contributed by atoms with Crippen LogP contribution in [-0.4, -0.2) is 63.2 Å². The number of rotatable bonds is 9. The van der Waals surface area contributed by atoms with Crippen molar-refractivity contribution in [3.05, 3.63) is 79.6 Å². The van der Waals surface area contributed by atoms with E-state index in [9.17, 15) is 15.1 Å². The first-order valence-corrected chi connectivity index (χ1v) is 16.3. The van der Waals surface area contributed by atoms with Crippen LogP contribution in [0.25, 0.3) is 5.69 Å². The highest BCUT2D eigenvalue weighted by atomic mass is 35.5. The molecule has 1 aliphatic heterocycles. The van der Waals surface area contributed by atoms with Gasteiger partial charge in [-0.05, 0) is 51.7 Å². The van der Waals surface area contributed by atoms with E-state index < -0.39 is 5.60 Å². The van der Waals surface area contributed by atoms with Crippen LogP contribution in [0, 0.1) is 5.21 Å². The molecule has 244 valence electrons. The maximum atomic E-state index is 12.6. The van der Waals surface area contributed by atoms with Crippen LogP contribution in [0.2, 0.25) is 15.1 Å². The lowest BCUT2D eigenvalue weighted by Crippen LogP contribution is -2.43. The van der Waals surface area contributed by atoms with E-state index in [1.54, 1.807) is 30.9 Å². The Morgan fingerprint density at radius 1 is 1.15 bits per heavy atom. The molecule has 0 spiro atoms. The van der Waals surface area contributed by atoms with Crippen molar-refractivity contribution >= 4 is 46.5 Å². The van der Waals surface area contributed by atoms with Gasteiger partial charge in [0.2, 0.25) is 29.5 Å². The van der Waals surface area contributed by atoms with Gasteiger partial charge >= 0.3 is 0 Å². The topological polar surface area (TPSA) is 130 Å². The van der Waals surface area contributed by atoms with Gasteiger partial charge in [0.15, 0.2) is 22.3 Å². The zero-order valence-electron chi connectivity index (χ0n) is 26.0. The molecule has 1 saturated heterocycles. The highest BCUT2D eigenvalue weighted by Crippen LogP contribution is 2.42. The first-order chi connectivity index (χ1) is 21.9. The van der Waals surface area contributed by atoms with E-state index in [-0.39, 0.29) is 28.6 Å². The molecule has 15 heteroatoms. The molecule has 1 amide bonds. The number of ether oxygens (including phenoxy) is 1. The number of aromatic nitrogens is 6. The third-order valence-corrected chi connectivity index (χ3v) is 9.39. The molecule has 12 nitrogen and oxygen atoms in total. The number of anilines is 1. The second-order valence-corrected chi connectivity index (χ2v) is 13.6. The summed E-state index contributed by atoms with van der Waals surface area (Å²) in [7, 11) is 3.41. The van der Waals surface area contributed by atoms with Crippen molar-refractivity contribution < 1.29 is 24.1 Å². The number of nitrogens with zero attached hydrogens (tertiary/aromatic N) is 7. The van der Waals surface area contributed by atoms with Gasteiger partial charge in [-0.3, -0.25) is 4.79 Å². The highest BCUT2D eigenvalue weighted by molar-refractivity contribution is 6.36. The van der Waals surface area contributed by atoms with Crippen LogP contribution in [0.5, 0.6) is 5.75 Å². The molecular formula is C31H36Cl3N8O4+. The zero-order valence-corrected chi connectivity index (χ0v) is 28.3. The van der Waals surface area contributed by atoms with Gasteiger partial charge in [0, 0.05) is 55.9 Å². The van der Waals surface area contributed by atoms with Gasteiger partial charge in [0.1, 0.15) is 11.6 Å². The van der Waals surface area contributed by atoms with Crippen molar-refractivity contribution in [3.63, 3.8) is 0 Å². The summed E-state index contributed by atoms with van der Waals surface area (Å²) in [5.74, 6) is 1.52. The molecule has 0 atom stereocenters. The fourth-order valence-electron chi connectivity index (χ4n) is 5.89. The molecule has 4 aromatic rings. The van der Waals surface area contributed by atoms with Gasteiger partial charge in [0.25, 0.3) is 5.91 Å². The Balaban J connectivity index is 1.18. The maximum Gasteiger partial charge on any atom is 0.273 e. The van der Waals surface area contributed by atoms with Crippen LogP contribution in [-0.2, 0) is 12.2 Å². The number of carbonyl (C=O) groups is 1. The molecule has 0 bridgehead atoms. The van der Waals surface area contributed by atoms with Crippen molar-refractivity contribution in [1.29, 1.82) is 0 Å². The van der Waals surface area contributed by atoms with E-state index in [0.29, 0.717) is 64.3 Å². The molecule has 2 N–H and O–H groups in total. The molecule has 4 heterocycles. The van der Waals surface area contributed by atoms with E-state index in [1.807, 2.05) is 30.7 Å². The summed E-state index contributed by atoms with van der Waals surface area (Å²) in [4.78, 5) is 16.3. The summed E-state index contributed by atoms with van der Waals surface area (Å²) < 4.78 is 10.2. The fourth-order valence-corrected chi connectivity index (χ4v) is 6.85. The number of carbonyl (C=O) groups excluding carboxylic acids is 1. The van der Waals surface area contributed by atoms with Crippen LogP contribution < -0.4 is 19.0 Å². The van der Waals surface area contributed by atoms with Crippen molar-refractivity contribution in [2.24, 2.45) is 0 Å². The minimum atomic E-state index is -1.14. The number of aliphatic hydroxyl groups is 1. The van der Waals surface area contributed by atoms with Crippen LogP contribution in [0.1, 0.15) is 78.9 Å². The Morgan fingerprint density at radius 2 is 1.83 bits per heavy atom. The number of halogens is 3. The minimum absolute atomic E-state index is 0.0600. The van der Waals surface area contributed by atoms with Crippen LogP contribution in [0.3, 0.4) is 0 Å². The molecule has 1 aromatic carbocycles. The molecule has 2 fully saturated rings. The molecule has 1 aliphatic carbocycles. The highest BCUT2D eigenvalue weighted by Gasteiger charge is 2.39. The lowest BCUT2D eigenvalue weighted by Gasteiger charge is -2.40. The summed E-state index contributed by atoms with van der Waals surface area (Å²) in [5, 5.41) is 36.3. The number of piperidine rings is 1. The predicted octanol–water partition coefficient (Wildman–Crippen LogP) is 4.70. The Labute approximate surface area is 281 Å². The molecule has 6 rings (SSSR count). The van der Waals surface area contributed by atoms with Crippen molar-refractivity contribution in [2.75, 3.05) is 32.1 Å². The number of pyridine rings is 1. The summed E-state index contributed by atoms with van der Waals surface area (Å²) in [6.45, 7) is 5.30. The Morgan fingerprint density at radius 3 is 2.41 bits per heavy atom. The number of nitrogens with one attached hydrogen (secondary N) is 1. The SMILES string of the molecule is CC(C)n1nc(C(=O)N(C)C)cc1N1CCC(O)(c2ccc(OCc3c(C4CC4)n[nH][n+]3-c3c(Cl)c[n+]([O-])cc3Cl)cc2Cl)CC1. The second-order valence-electron chi connectivity index (χ2n) is 12.4. The standard InChI is InChI=1S/C31H35Cl3N8O4/c1-18(2)41-27(14-25(36-41)30(43)38(3)4)39-11-9-31(44,10-12-39)21-8-7-20(13-22(21)32)46-17-26-28(19-5-6-19)35-37-42(26)29-23(33)15-40(45)16-24(29)34/h7-8,13-16,18-19,44H,5-6,9-12,17H2,1-4H3/p+1. The lowest BCUT2D eigenvalue weighted by molar-refractivity contribution is -0.671. The second kappa shape index (κ2) is 12.6. The molecular weight excluding hydrogens is 655 g/mol. The molecule has 3 aromatic heterocycles. The number of benzene rings is 1. The van der Waals surface area contributed by atoms with E-state index in [0.717, 1.165) is 30.0 Å². The van der Waals surface area contributed by atoms with Crippen LogP contribution in [0.15, 0.2) is 36.7 Å². The smallest absolute Gasteiger partial charge is 0.273 e. The summed E-state index contributed by atoms with van der Waals surface area (Å²) in [5.41, 5.74) is 1.89. The molecule has 0 unspecified atom stereocenters. The third kappa shape index (κ3) is 6.23. The number of amides is 1. The number of hydrogen-bond acceptors (Lipinski definition) is 7. The van der Waals surface area contributed by atoms with Gasteiger partial charge in [-0.1, -0.05) is 46.1 Å². The minimum Gasteiger partial charge on any atom is -0.619 e. The Bertz CT molecular complexity index is 1750. The molecule has 1 saturated carbocycles. The van der Waals surface area contributed by atoms with E-state index >= 15 is 0 Å². The van der Waals surface area contributed by atoms with Crippen molar-refractivity contribution in [2.45, 2.75) is 63.7 Å².